The highest BCUT2D eigenvalue weighted by molar-refractivity contribution is 6.03. The number of carboxylic acid groups (broad SMARTS) is 1. The summed E-state index contributed by atoms with van der Waals surface area (Å²) in [6, 6.07) is 1.70. The van der Waals surface area contributed by atoms with Crippen LogP contribution in [0.4, 0.5) is 0 Å². The number of nitrogens with zero attached hydrogens (tertiary/aromatic N) is 2. The highest BCUT2D eigenvalue weighted by Crippen LogP contribution is 2.30. The van der Waals surface area contributed by atoms with E-state index in [1.807, 2.05) is 0 Å². The summed E-state index contributed by atoms with van der Waals surface area (Å²) in [6.07, 6.45) is 3.35. The maximum atomic E-state index is 12.4. The van der Waals surface area contributed by atoms with Gasteiger partial charge in [-0.2, -0.15) is 0 Å². The van der Waals surface area contributed by atoms with Crippen molar-refractivity contribution in [1.82, 2.24) is 20.2 Å². The van der Waals surface area contributed by atoms with E-state index in [2.05, 4.69) is 15.6 Å². The molecule has 0 radical (unpaired) electrons. The van der Waals surface area contributed by atoms with Gasteiger partial charge in [-0.1, -0.05) is 0 Å². The Morgan fingerprint density at radius 1 is 1.38 bits per heavy atom. The van der Waals surface area contributed by atoms with Crippen molar-refractivity contribution in [3.05, 3.63) is 33.9 Å². The number of aryl methyl sites for hydroxylation is 1. The first-order chi connectivity index (χ1) is 12.4. The number of pyridine rings is 2. The van der Waals surface area contributed by atoms with Gasteiger partial charge >= 0.3 is 5.97 Å². The standard InChI is InChI=1S/C17H20N4O5/c1-21-12-7-19-11(9-2-4-18-5-3-9)6-10(12)15(24)14(17(21)26)16(25)20-8-13(22)23/h6-7,9,18,24H,2-5,8H2,1H3,(H,20,25)(H,22,23). The summed E-state index contributed by atoms with van der Waals surface area (Å²) < 4.78 is 1.23. The maximum Gasteiger partial charge on any atom is 0.322 e. The molecule has 9 nitrogen and oxygen atoms in total. The van der Waals surface area contributed by atoms with E-state index in [9.17, 15) is 19.5 Å². The number of hydrogen-bond donors (Lipinski definition) is 4. The molecule has 0 saturated carbocycles. The van der Waals surface area contributed by atoms with Crippen LogP contribution in [-0.4, -0.2) is 51.3 Å². The van der Waals surface area contributed by atoms with Crippen LogP contribution in [0, 0.1) is 0 Å². The highest BCUT2D eigenvalue weighted by Gasteiger charge is 2.23. The summed E-state index contributed by atoms with van der Waals surface area (Å²) in [6.45, 7) is 1.12. The van der Waals surface area contributed by atoms with E-state index >= 15 is 0 Å². The monoisotopic (exact) mass is 360 g/mol. The van der Waals surface area contributed by atoms with Crippen molar-refractivity contribution >= 4 is 22.8 Å². The average molecular weight is 360 g/mol. The number of piperidine rings is 1. The number of carbonyl (C=O) groups excluding carboxylic acids is 1. The molecule has 1 aliphatic rings. The van der Waals surface area contributed by atoms with Gasteiger partial charge in [-0.25, -0.2) is 0 Å². The zero-order valence-electron chi connectivity index (χ0n) is 14.3. The summed E-state index contributed by atoms with van der Waals surface area (Å²) in [7, 11) is 1.48. The van der Waals surface area contributed by atoms with Crippen molar-refractivity contribution in [2.45, 2.75) is 18.8 Å². The Kier molecular flexibility index (Phi) is 4.90. The first-order valence-corrected chi connectivity index (χ1v) is 8.32. The van der Waals surface area contributed by atoms with Crippen LogP contribution >= 0.6 is 0 Å². The molecule has 0 atom stereocenters. The lowest BCUT2D eigenvalue weighted by Crippen LogP contribution is -2.35. The van der Waals surface area contributed by atoms with Crippen LogP contribution in [0.1, 0.15) is 34.8 Å². The van der Waals surface area contributed by atoms with Crippen molar-refractivity contribution in [1.29, 1.82) is 0 Å². The Hall–Kier alpha value is -2.94. The van der Waals surface area contributed by atoms with E-state index < -0.39 is 35.3 Å². The van der Waals surface area contributed by atoms with Crippen LogP contribution in [-0.2, 0) is 11.8 Å². The molecule has 0 unspecified atom stereocenters. The van der Waals surface area contributed by atoms with Crippen LogP contribution in [0.3, 0.4) is 0 Å². The van der Waals surface area contributed by atoms with Gasteiger partial charge in [0, 0.05) is 24.0 Å². The van der Waals surface area contributed by atoms with Crippen molar-refractivity contribution in [2.75, 3.05) is 19.6 Å². The summed E-state index contributed by atoms with van der Waals surface area (Å²) in [4.78, 5) is 39.7. The molecule has 1 amide bonds. The zero-order valence-corrected chi connectivity index (χ0v) is 14.3. The molecule has 1 aliphatic heterocycles. The third kappa shape index (κ3) is 3.25. The number of hydrogen-bond acceptors (Lipinski definition) is 6. The Morgan fingerprint density at radius 2 is 2.08 bits per heavy atom. The van der Waals surface area contributed by atoms with Gasteiger partial charge in [-0.15, -0.1) is 0 Å². The zero-order chi connectivity index (χ0) is 18.8. The van der Waals surface area contributed by atoms with Crippen molar-refractivity contribution in [2.24, 2.45) is 7.05 Å². The Labute approximate surface area is 148 Å². The van der Waals surface area contributed by atoms with Crippen molar-refractivity contribution in [3.8, 4) is 5.75 Å². The second kappa shape index (κ2) is 7.12. The van der Waals surface area contributed by atoms with Crippen LogP contribution in [0.5, 0.6) is 5.75 Å². The van der Waals surface area contributed by atoms with Crippen LogP contribution in [0.15, 0.2) is 17.1 Å². The fraction of sp³-hybridized carbons (Fsp3) is 0.412. The maximum absolute atomic E-state index is 12.4. The minimum atomic E-state index is -1.24. The summed E-state index contributed by atoms with van der Waals surface area (Å²) in [5.74, 6) is -2.38. The van der Waals surface area contributed by atoms with E-state index in [0.717, 1.165) is 31.6 Å². The molecule has 2 aromatic heterocycles. The normalized spacial score (nSPS) is 15.1. The summed E-state index contributed by atoms with van der Waals surface area (Å²) >= 11 is 0. The first-order valence-electron chi connectivity index (χ1n) is 8.32. The summed E-state index contributed by atoms with van der Waals surface area (Å²) in [5.41, 5.74) is 0.0165. The Morgan fingerprint density at radius 3 is 2.73 bits per heavy atom. The van der Waals surface area contributed by atoms with E-state index in [1.54, 1.807) is 6.07 Å². The predicted octanol–water partition coefficient (Wildman–Crippen LogP) is -0.0795. The largest absolute Gasteiger partial charge is 0.506 e. The Balaban J connectivity index is 2.09. The molecule has 0 aromatic carbocycles. The molecule has 0 spiro atoms. The smallest absolute Gasteiger partial charge is 0.322 e. The molecular formula is C17H20N4O5. The van der Waals surface area contributed by atoms with Gasteiger partial charge in [0.15, 0.2) is 0 Å². The molecule has 4 N–H and O–H groups in total. The van der Waals surface area contributed by atoms with E-state index in [1.165, 1.54) is 17.8 Å². The first kappa shape index (κ1) is 17.9. The van der Waals surface area contributed by atoms with Crippen LogP contribution < -0.4 is 16.2 Å². The minimum Gasteiger partial charge on any atom is -0.506 e. The van der Waals surface area contributed by atoms with E-state index in [-0.39, 0.29) is 5.92 Å². The SMILES string of the molecule is Cn1c(=O)c(C(=O)NCC(=O)O)c(O)c2cc(C3CCNCC3)ncc21. The molecule has 138 valence electrons. The molecule has 1 saturated heterocycles. The predicted molar refractivity (Wildman–Crippen MR) is 93.5 cm³/mol. The topological polar surface area (TPSA) is 134 Å². The molecule has 3 heterocycles. The van der Waals surface area contributed by atoms with Gasteiger partial charge in [0.1, 0.15) is 17.9 Å². The molecule has 26 heavy (non-hydrogen) atoms. The number of fused-ring (bicyclic) bond motifs is 1. The fourth-order valence-corrected chi connectivity index (χ4v) is 3.22. The molecule has 0 aliphatic carbocycles. The highest BCUT2D eigenvalue weighted by atomic mass is 16.4. The third-order valence-corrected chi connectivity index (χ3v) is 4.66. The van der Waals surface area contributed by atoms with Crippen molar-refractivity contribution < 1.29 is 19.8 Å². The second-order valence-electron chi connectivity index (χ2n) is 6.31. The van der Waals surface area contributed by atoms with Gasteiger partial charge in [-0.3, -0.25) is 19.4 Å². The molecule has 2 aromatic rings. The molecular weight excluding hydrogens is 340 g/mol. The number of aliphatic carboxylic acids is 1. The molecule has 1 fully saturated rings. The molecule has 0 bridgehead atoms. The van der Waals surface area contributed by atoms with Crippen LogP contribution in [0.25, 0.3) is 10.9 Å². The number of nitrogens with one attached hydrogen (secondary N) is 2. The van der Waals surface area contributed by atoms with Crippen LogP contribution in [0.2, 0.25) is 0 Å². The lowest BCUT2D eigenvalue weighted by molar-refractivity contribution is -0.135. The number of amides is 1. The van der Waals surface area contributed by atoms with Gasteiger partial charge in [-0.05, 0) is 32.0 Å². The lowest BCUT2D eigenvalue weighted by Gasteiger charge is -2.22. The van der Waals surface area contributed by atoms with Gasteiger partial charge in [0.2, 0.25) is 0 Å². The fourth-order valence-electron chi connectivity index (χ4n) is 3.22. The third-order valence-electron chi connectivity index (χ3n) is 4.66. The van der Waals surface area contributed by atoms with Crippen molar-refractivity contribution in [3.63, 3.8) is 0 Å². The van der Waals surface area contributed by atoms with E-state index in [4.69, 9.17) is 5.11 Å². The second-order valence-corrected chi connectivity index (χ2v) is 6.31. The number of aromatic nitrogens is 2. The summed E-state index contributed by atoms with van der Waals surface area (Å²) in [5, 5.41) is 25.0. The number of rotatable bonds is 4. The number of aromatic hydroxyl groups is 1. The molecule has 3 rings (SSSR count). The number of carboxylic acids is 1. The van der Waals surface area contributed by atoms with Gasteiger partial charge in [0.25, 0.3) is 11.5 Å². The molecule has 9 heteroatoms. The Bertz CT molecular complexity index is 931. The lowest BCUT2D eigenvalue weighted by atomic mass is 9.93. The quantitative estimate of drug-likeness (QED) is 0.599. The van der Waals surface area contributed by atoms with Gasteiger partial charge < -0.3 is 25.4 Å². The average Bonchev–Trinajstić information content (AvgIpc) is 2.65. The number of carbonyl (C=O) groups is 2. The van der Waals surface area contributed by atoms with E-state index in [0.29, 0.717) is 10.9 Å². The minimum absolute atomic E-state index is 0.238. The van der Waals surface area contributed by atoms with Gasteiger partial charge in [0.05, 0.1) is 11.7 Å².